The molecule has 0 saturated carbocycles. The van der Waals surface area contributed by atoms with Crippen LogP contribution in [0.1, 0.15) is 19.4 Å². The van der Waals surface area contributed by atoms with Gasteiger partial charge in [0.25, 0.3) is 11.1 Å². The summed E-state index contributed by atoms with van der Waals surface area (Å²) in [6.07, 6.45) is 6.19. The van der Waals surface area contributed by atoms with Gasteiger partial charge in [-0.15, -0.1) is 0 Å². The zero-order valence-corrected chi connectivity index (χ0v) is 28.5. The molecule has 0 spiro atoms. The van der Waals surface area contributed by atoms with Crippen LogP contribution in [0.3, 0.4) is 0 Å². The average Bonchev–Trinajstić information content (AvgIpc) is 3.15. The van der Waals surface area contributed by atoms with Crippen LogP contribution in [-0.4, -0.2) is 90.4 Å². The van der Waals surface area contributed by atoms with Gasteiger partial charge in [0.15, 0.2) is 0 Å². The molecule has 15 heteroatoms. The van der Waals surface area contributed by atoms with E-state index in [1.807, 2.05) is 24.3 Å². The predicted octanol–water partition coefficient (Wildman–Crippen LogP) is 1.86. The summed E-state index contributed by atoms with van der Waals surface area (Å²) in [6, 6.07) is 16.8. The summed E-state index contributed by atoms with van der Waals surface area (Å²) in [5, 5.41) is 12.7. The number of nitriles is 1. The van der Waals surface area contributed by atoms with Crippen molar-refractivity contribution in [1.82, 2.24) is 44.4 Å². The molecule has 2 unspecified atom stereocenters. The van der Waals surface area contributed by atoms with E-state index in [1.54, 1.807) is 47.8 Å². The smallest absolute Gasteiger partial charge is 0.255 e. The van der Waals surface area contributed by atoms with Crippen LogP contribution < -0.4 is 31.1 Å². The molecule has 0 amide bonds. The Morgan fingerprint density at radius 3 is 1.86 bits per heavy atom. The zero-order valence-electron chi connectivity index (χ0n) is 28.5. The third kappa shape index (κ3) is 7.20. The number of anilines is 3. The van der Waals surface area contributed by atoms with Gasteiger partial charge in [-0.25, -0.2) is 29.9 Å². The molecule has 1 aromatic carbocycles. The summed E-state index contributed by atoms with van der Waals surface area (Å²) in [4.78, 5) is 56.9. The van der Waals surface area contributed by atoms with E-state index in [0.717, 1.165) is 38.4 Å². The largest absolute Gasteiger partial charge is 0.367 e. The average molecular weight is 674 g/mol. The molecule has 4 aromatic heterocycles. The van der Waals surface area contributed by atoms with Gasteiger partial charge in [0.2, 0.25) is 11.9 Å². The number of hydrogen-bond donors (Lipinski definition) is 1. The van der Waals surface area contributed by atoms with Crippen molar-refractivity contribution in [3.8, 4) is 28.8 Å². The van der Waals surface area contributed by atoms with Crippen LogP contribution in [0.25, 0.3) is 22.8 Å². The molecule has 7 rings (SSSR count). The molecule has 1 N–H and O–H groups in total. The van der Waals surface area contributed by atoms with Crippen molar-refractivity contribution in [3.63, 3.8) is 0 Å². The van der Waals surface area contributed by atoms with Gasteiger partial charge in [0.05, 0.1) is 34.0 Å². The van der Waals surface area contributed by atoms with E-state index in [9.17, 15) is 14.9 Å². The quantitative estimate of drug-likeness (QED) is 0.288. The Morgan fingerprint density at radius 1 is 0.760 bits per heavy atom. The second-order valence-electron chi connectivity index (χ2n) is 12.2. The molecular weight excluding hydrogens is 634 g/mol. The number of hydrogen-bond acceptors (Lipinski definition) is 13. The Hall–Kier alpha value is -6.01. The van der Waals surface area contributed by atoms with Crippen molar-refractivity contribution < 1.29 is 0 Å². The molecule has 2 saturated heterocycles. The third-order valence-corrected chi connectivity index (χ3v) is 8.92. The van der Waals surface area contributed by atoms with E-state index < -0.39 is 0 Å². The minimum Gasteiger partial charge on any atom is -0.367 e. The van der Waals surface area contributed by atoms with Crippen LogP contribution >= 0.6 is 0 Å². The van der Waals surface area contributed by atoms with Crippen molar-refractivity contribution in [2.75, 3.05) is 54.0 Å². The van der Waals surface area contributed by atoms with Gasteiger partial charge in [0, 0.05) is 90.0 Å². The highest BCUT2D eigenvalue weighted by atomic mass is 16.1. The highest BCUT2D eigenvalue weighted by Gasteiger charge is 2.28. The fourth-order valence-electron chi connectivity index (χ4n) is 6.17. The predicted molar refractivity (Wildman–Crippen MR) is 191 cm³/mol. The first-order chi connectivity index (χ1) is 24.2. The second kappa shape index (κ2) is 15.0. The van der Waals surface area contributed by atoms with Crippen molar-refractivity contribution in [3.05, 3.63) is 99.9 Å². The van der Waals surface area contributed by atoms with Crippen LogP contribution in [0.4, 0.5) is 17.6 Å². The number of piperazine rings is 2. The van der Waals surface area contributed by atoms with Crippen LogP contribution in [-0.2, 0) is 14.1 Å². The lowest BCUT2D eigenvalue weighted by Gasteiger charge is -2.42. The molecule has 2 fully saturated rings. The summed E-state index contributed by atoms with van der Waals surface area (Å²) >= 11 is 0. The monoisotopic (exact) mass is 673 g/mol. The maximum absolute atomic E-state index is 12.6. The minimum atomic E-state index is -0.131. The number of nitrogens with zero attached hydrogens (tertiary/aromatic N) is 12. The minimum absolute atomic E-state index is 0.0839. The summed E-state index contributed by atoms with van der Waals surface area (Å²) in [5.74, 6) is 1.30. The Labute approximate surface area is 289 Å². The van der Waals surface area contributed by atoms with Crippen molar-refractivity contribution in [2.24, 2.45) is 14.1 Å². The van der Waals surface area contributed by atoms with Crippen LogP contribution in [0, 0.1) is 11.3 Å². The Balaban J connectivity index is 0.000000182. The standard InChI is InChI=1S/C21H21N7O.C14H18N6O/c1-15-13-27(19-6-4-3-5-16(19)12-22)9-10-28(15)21-25-18(11-20(29)26(21)2)17-7-8-23-14-24-17;1-10-8-15-5-6-20(10)14-18-12(7-13(21)19(14)2)11-3-4-16-9-17-11/h3-8,11,14-15H,9-10,13H2,1-2H3;3-4,7,9-10,15H,5-6,8H2,1-2H3. The molecule has 0 aliphatic carbocycles. The molecule has 256 valence electrons. The van der Waals surface area contributed by atoms with E-state index in [-0.39, 0.29) is 23.2 Å². The molecule has 0 bridgehead atoms. The summed E-state index contributed by atoms with van der Waals surface area (Å²) < 4.78 is 3.16. The number of nitrogens with one attached hydrogen (secondary N) is 1. The normalized spacial score (nSPS) is 17.5. The van der Waals surface area contributed by atoms with E-state index >= 15 is 0 Å². The third-order valence-electron chi connectivity index (χ3n) is 8.92. The zero-order chi connectivity index (χ0) is 35.2. The molecule has 5 aromatic rings. The Kier molecular flexibility index (Phi) is 10.2. The fraction of sp³-hybridized carbons (Fsp3) is 0.343. The van der Waals surface area contributed by atoms with Gasteiger partial charge >= 0.3 is 0 Å². The maximum Gasteiger partial charge on any atom is 0.255 e. The molecule has 6 heterocycles. The number of aromatic nitrogens is 8. The molecule has 15 nitrogen and oxygen atoms in total. The van der Waals surface area contributed by atoms with E-state index in [0.29, 0.717) is 46.8 Å². The Morgan fingerprint density at radius 2 is 1.34 bits per heavy atom. The number of benzene rings is 1. The second-order valence-corrected chi connectivity index (χ2v) is 12.2. The highest BCUT2D eigenvalue weighted by molar-refractivity contribution is 5.61. The van der Waals surface area contributed by atoms with Gasteiger partial charge in [-0.05, 0) is 38.1 Å². The molecule has 2 aliphatic heterocycles. The lowest BCUT2D eigenvalue weighted by atomic mass is 10.1. The van der Waals surface area contributed by atoms with Gasteiger partial charge in [-0.1, -0.05) is 12.1 Å². The summed E-state index contributed by atoms with van der Waals surface area (Å²) in [5.41, 5.74) is 3.80. The first-order valence-corrected chi connectivity index (χ1v) is 16.4. The van der Waals surface area contributed by atoms with Gasteiger partial charge in [-0.3, -0.25) is 18.7 Å². The van der Waals surface area contributed by atoms with E-state index in [1.165, 1.54) is 24.8 Å². The molecule has 0 radical (unpaired) electrons. The maximum atomic E-state index is 12.6. The topological polar surface area (TPSA) is 167 Å². The Bertz CT molecular complexity index is 2100. The van der Waals surface area contributed by atoms with Gasteiger partial charge in [0.1, 0.15) is 18.7 Å². The summed E-state index contributed by atoms with van der Waals surface area (Å²) in [6.45, 7) is 8.97. The van der Waals surface area contributed by atoms with Crippen molar-refractivity contribution in [1.29, 1.82) is 5.26 Å². The lowest BCUT2D eigenvalue weighted by molar-refractivity contribution is 0.485. The van der Waals surface area contributed by atoms with Gasteiger partial charge < -0.3 is 20.0 Å². The lowest BCUT2D eigenvalue weighted by Crippen LogP contribution is -2.53. The number of rotatable bonds is 5. The highest BCUT2D eigenvalue weighted by Crippen LogP contribution is 2.26. The summed E-state index contributed by atoms with van der Waals surface area (Å²) in [7, 11) is 3.49. The SMILES string of the molecule is CC1CN(c2ccccc2C#N)CCN1c1nc(-c2ccncn2)cc(=O)n1C.CC1CNCCN1c1nc(-c2ccncn2)cc(=O)n1C. The van der Waals surface area contributed by atoms with Crippen LogP contribution in [0.5, 0.6) is 0 Å². The first-order valence-electron chi connectivity index (χ1n) is 16.4. The van der Waals surface area contributed by atoms with E-state index in [4.69, 9.17) is 4.98 Å². The molecule has 2 aliphatic rings. The first kappa shape index (κ1) is 33.9. The fourth-order valence-corrected chi connectivity index (χ4v) is 6.17. The van der Waals surface area contributed by atoms with Crippen LogP contribution in [0.2, 0.25) is 0 Å². The molecular formula is C35H39N13O2. The number of para-hydroxylation sites is 1. The molecule has 2 atom stereocenters. The van der Waals surface area contributed by atoms with Gasteiger partial charge in [-0.2, -0.15) is 5.26 Å². The van der Waals surface area contributed by atoms with Crippen molar-refractivity contribution >= 4 is 17.6 Å². The molecule has 50 heavy (non-hydrogen) atoms. The van der Waals surface area contributed by atoms with Crippen molar-refractivity contribution in [2.45, 2.75) is 25.9 Å². The van der Waals surface area contributed by atoms with E-state index in [2.05, 4.69) is 64.9 Å². The van der Waals surface area contributed by atoms with Crippen LogP contribution in [0.15, 0.2) is 83.2 Å².